The molecule has 1 aromatic rings. The van der Waals surface area contributed by atoms with Crippen LogP contribution in [-0.4, -0.2) is 6.54 Å². The fourth-order valence-electron chi connectivity index (χ4n) is 3.08. The van der Waals surface area contributed by atoms with Crippen LogP contribution in [0, 0.1) is 5.41 Å². The van der Waals surface area contributed by atoms with E-state index < -0.39 is 0 Å². The molecule has 0 saturated heterocycles. The molecule has 0 fully saturated rings. The third-order valence-electron chi connectivity index (χ3n) is 4.24. The summed E-state index contributed by atoms with van der Waals surface area (Å²) in [5.41, 5.74) is 4.86. The lowest BCUT2D eigenvalue weighted by Gasteiger charge is -2.40. The molecule has 18 heavy (non-hydrogen) atoms. The summed E-state index contributed by atoms with van der Waals surface area (Å²) in [6.07, 6.45) is 2.35. The zero-order chi connectivity index (χ0) is 13.3. The molecule has 1 nitrogen and oxygen atoms in total. The molecule has 2 unspecified atom stereocenters. The maximum absolute atomic E-state index is 3.77. The van der Waals surface area contributed by atoms with Crippen LogP contribution in [0.15, 0.2) is 18.2 Å². The Morgan fingerprint density at radius 2 is 1.89 bits per heavy atom. The summed E-state index contributed by atoms with van der Waals surface area (Å²) in [5.74, 6) is 0.685. The van der Waals surface area contributed by atoms with Gasteiger partial charge in [-0.15, -0.1) is 0 Å². The SMILES string of the molecule is CCc1ccc2c(c1)C(C(C)(C)C)NCC2CC. The van der Waals surface area contributed by atoms with Gasteiger partial charge in [0.2, 0.25) is 0 Å². The van der Waals surface area contributed by atoms with Crippen molar-refractivity contribution >= 4 is 0 Å². The first-order valence-electron chi connectivity index (χ1n) is 7.33. The molecule has 2 rings (SSSR count). The Kier molecular flexibility index (Phi) is 3.82. The monoisotopic (exact) mass is 245 g/mol. The Morgan fingerprint density at radius 3 is 2.44 bits per heavy atom. The Balaban J connectivity index is 2.48. The number of hydrogen-bond donors (Lipinski definition) is 1. The average molecular weight is 245 g/mol. The van der Waals surface area contributed by atoms with Crippen LogP contribution >= 0.6 is 0 Å². The molecule has 1 aliphatic rings. The van der Waals surface area contributed by atoms with E-state index in [1.165, 1.54) is 12.0 Å². The number of benzene rings is 1. The van der Waals surface area contributed by atoms with Gasteiger partial charge in [0.25, 0.3) is 0 Å². The van der Waals surface area contributed by atoms with E-state index in [4.69, 9.17) is 0 Å². The highest BCUT2D eigenvalue weighted by atomic mass is 14.9. The Morgan fingerprint density at radius 1 is 1.17 bits per heavy atom. The van der Waals surface area contributed by atoms with E-state index in [-0.39, 0.29) is 5.41 Å². The predicted molar refractivity (Wildman–Crippen MR) is 79.1 cm³/mol. The van der Waals surface area contributed by atoms with E-state index in [2.05, 4.69) is 58.1 Å². The van der Waals surface area contributed by atoms with Crippen molar-refractivity contribution < 1.29 is 0 Å². The number of nitrogens with one attached hydrogen (secondary N) is 1. The summed E-state index contributed by atoms with van der Waals surface area (Å²) >= 11 is 0. The third kappa shape index (κ3) is 2.47. The van der Waals surface area contributed by atoms with E-state index >= 15 is 0 Å². The van der Waals surface area contributed by atoms with Gasteiger partial charge in [0.1, 0.15) is 0 Å². The van der Waals surface area contributed by atoms with Crippen LogP contribution in [0.5, 0.6) is 0 Å². The quantitative estimate of drug-likeness (QED) is 0.812. The van der Waals surface area contributed by atoms with Gasteiger partial charge in [-0.3, -0.25) is 0 Å². The average Bonchev–Trinajstić information content (AvgIpc) is 2.35. The van der Waals surface area contributed by atoms with Crippen molar-refractivity contribution in [3.63, 3.8) is 0 Å². The molecule has 1 aliphatic heterocycles. The van der Waals surface area contributed by atoms with E-state index in [1.807, 2.05) is 0 Å². The van der Waals surface area contributed by atoms with Gasteiger partial charge in [0.15, 0.2) is 0 Å². The summed E-state index contributed by atoms with van der Waals surface area (Å²) in [6.45, 7) is 12.7. The van der Waals surface area contributed by atoms with Crippen LogP contribution in [0.1, 0.15) is 69.7 Å². The van der Waals surface area contributed by atoms with Crippen LogP contribution in [-0.2, 0) is 6.42 Å². The summed E-state index contributed by atoms with van der Waals surface area (Å²) in [5, 5.41) is 3.77. The van der Waals surface area contributed by atoms with E-state index in [1.54, 1.807) is 11.1 Å². The second-order valence-electron chi connectivity index (χ2n) is 6.63. The van der Waals surface area contributed by atoms with Gasteiger partial charge < -0.3 is 5.32 Å². The molecule has 2 atom stereocenters. The summed E-state index contributed by atoms with van der Waals surface area (Å²) < 4.78 is 0. The number of aryl methyl sites for hydroxylation is 1. The summed E-state index contributed by atoms with van der Waals surface area (Å²) in [7, 11) is 0. The maximum atomic E-state index is 3.77. The lowest BCUT2D eigenvalue weighted by atomic mass is 9.75. The molecular weight excluding hydrogens is 218 g/mol. The highest BCUT2D eigenvalue weighted by Crippen LogP contribution is 2.41. The predicted octanol–water partition coefficient (Wildman–Crippen LogP) is 4.43. The minimum absolute atomic E-state index is 0.278. The zero-order valence-corrected chi connectivity index (χ0v) is 12.5. The molecule has 0 spiro atoms. The number of fused-ring (bicyclic) bond motifs is 1. The number of hydrogen-bond acceptors (Lipinski definition) is 1. The molecule has 1 heterocycles. The lowest BCUT2D eigenvalue weighted by molar-refractivity contribution is 0.252. The van der Waals surface area contributed by atoms with Gasteiger partial charge in [-0.1, -0.05) is 52.8 Å². The van der Waals surface area contributed by atoms with Crippen molar-refractivity contribution in [2.24, 2.45) is 5.41 Å². The largest absolute Gasteiger partial charge is 0.309 e. The van der Waals surface area contributed by atoms with Crippen LogP contribution in [0.4, 0.5) is 0 Å². The standard InChI is InChI=1S/C17H27N/c1-6-12-8-9-14-13(7-2)11-18-16(15(14)10-12)17(3,4)5/h8-10,13,16,18H,6-7,11H2,1-5H3. The normalized spacial score (nSPS) is 23.8. The lowest BCUT2D eigenvalue weighted by Crippen LogP contribution is -2.39. The third-order valence-corrected chi connectivity index (χ3v) is 4.24. The van der Waals surface area contributed by atoms with Crippen molar-refractivity contribution in [3.05, 3.63) is 34.9 Å². The molecular formula is C17H27N. The van der Waals surface area contributed by atoms with Crippen molar-refractivity contribution in [3.8, 4) is 0 Å². The van der Waals surface area contributed by atoms with Crippen molar-refractivity contribution in [2.45, 2.75) is 59.4 Å². The van der Waals surface area contributed by atoms with E-state index in [9.17, 15) is 0 Å². The fraction of sp³-hybridized carbons (Fsp3) is 0.647. The van der Waals surface area contributed by atoms with Crippen LogP contribution < -0.4 is 5.32 Å². The molecule has 0 aromatic heterocycles. The molecule has 1 heteroatoms. The molecule has 0 radical (unpaired) electrons. The van der Waals surface area contributed by atoms with Crippen molar-refractivity contribution in [1.82, 2.24) is 5.32 Å². The first-order valence-corrected chi connectivity index (χ1v) is 7.33. The van der Waals surface area contributed by atoms with E-state index in [0.717, 1.165) is 13.0 Å². The van der Waals surface area contributed by atoms with Crippen LogP contribution in [0.25, 0.3) is 0 Å². The first-order chi connectivity index (χ1) is 8.47. The zero-order valence-electron chi connectivity index (χ0n) is 12.5. The second-order valence-corrected chi connectivity index (χ2v) is 6.63. The second kappa shape index (κ2) is 5.05. The molecule has 1 N–H and O–H groups in total. The molecule has 0 saturated carbocycles. The Labute approximate surface area is 112 Å². The fourth-order valence-corrected chi connectivity index (χ4v) is 3.08. The summed E-state index contributed by atoms with van der Waals surface area (Å²) in [6, 6.07) is 7.61. The molecule has 0 aliphatic carbocycles. The first kappa shape index (κ1) is 13.6. The number of rotatable bonds is 2. The van der Waals surface area contributed by atoms with Gasteiger partial charge in [0.05, 0.1) is 0 Å². The molecule has 1 aromatic carbocycles. The van der Waals surface area contributed by atoms with Gasteiger partial charge in [-0.25, -0.2) is 0 Å². The molecule has 100 valence electrons. The van der Waals surface area contributed by atoms with Gasteiger partial charge in [-0.05, 0) is 40.9 Å². The van der Waals surface area contributed by atoms with Crippen molar-refractivity contribution in [1.29, 1.82) is 0 Å². The minimum Gasteiger partial charge on any atom is -0.309 e. The maximum Gasteiger partial charge on any atom is 0.0372 e. The van der Waals surface area contributed by atoms with Crippen LogP contribution in [0.2, 0.25) is 0 Å². The smallest absolute Gasteiger partial charge is 0.0372 e. The minimum atomic E-state index is 0.278. The molecule has 0 amide bonds. The van der Waals surface area contributed by atoms with Gasteiger partial charge in [0, 0.05) is 12.6 Å². The van der Waals surface area contributed by atoms with Gasteiger partial charge >= 0.3 is 0 Å². The highest BCUT2D eigenvalue weighted by Gasteiger charge is 2.33. The summed E-state index contributed by atoms with van der Waals surface area (Å²) in [4.78, 5) is 0. The Bertz CT molecular complexity index is 414. The Hall–Kier alpha value is -0.820. The molecule has 0 bridgehead atoms. The van der Waals surface area contributed by atoms with Crippen molar-refractivity contribution in [2.75, 3.05) is 6.54 Å². The van der Waals surface area contributed by atoms with Crippen LogP contribution in [0.3, 0.4) is 0 Å². The topological polar surface area (TPSA) is 12.0 Å². The van der Waals surface area contributed by atoms with Gasteiger partial charge in [-0.2, -0.15) is 0 Å². The van der Waals surface area contributed by atoms with E-state index in [0.29, 0.717) is 12.0 Å². The highest BCUT2D eigenvalue weighted by molar-refractivity contribution is 5.40.